The Bertz CT molecular complexity index is 362. The van der Waals surface area contributed by atoms with Crippen LogP contribution in [0, 0.1) is 35.5 Å². The maximum absolute atomic E-state index is 12.4. The number of Topliss-reactive ketones (excluding diaryl/α,β-unsaturated/α-hetero) is 1. The van der Waals surface area contributed by atoms with E-state index < -0.39 is 0 Å². The molecule has 4 unspecified atom stereocenters. The van der Waals surface area contributed by atoms with Gasteiger partial charge in [-0.25, -0.2) is 0 Å². The first-order valence-electron chi connectivity index (χ1n) is 11.3. The predicted octanol–water partition coefficient (Wildman–Crippen LogP) is 6.55. The predicted molar refractivity (Wildman–Crippen MR) is 99.8 cm³/mol. The summed E-state index contributed by atoms with van der Waals surface area (Å²) in [7, 11) is 0. The van der Waals surface area contributed by atoms with Gasteiger partial charge in [-0.1, -0.05) is 51.4 Å². The molecular formula is C23H38O. The van der Waals surface area contributed by atoms with Gasteiger partial charge in [0, 0.05) is 12.8 Å². The second-order valence-electron chi connectivity index (χ2n) is 9.90. The van der Waals surface area contributed by atoms with Crippen molar-refractivity contribution in [2.75, 3.05) is 0 Å². The van der Waals surface area contributed by atoms with Gasteiger partial charge in [0.2, 0.25) is 0 Å². The van der Waals surface area contributed by atoms with Crippen molar-refractivity contribution >= 4 is 5.78 Å². The summed E-state index contributed by atoms with van der Waals surface area (Å²) in [6, 6.07) is 0. The third-order valence-electron chi connectivity index (χ3n) is 8.34. The van der Waals surface area contributed by atoms with Crippen molar-refractivity contribution < 1.29 is 4.79 Å². The lowest BCUT2D eigenvalue weighted by Crippen LogP contribution is -2.12. The van der Waals surface area contributed by atoms with Gasteiger partial charge in [-0.15, -0.1) is 0 Å². The molecule has 0 aromatic heterocycles. The molecule has 4 rings (SSSR count). The zero-order valence-electron chi connectivity index (χ0n) is 15.7. The average Bonchev–Trinajstić information content (AvgIpc) is 3.21. The van der Waals surface area contributed by atoms with Crippen molar-refractivity contribution in [2.45, 2.75) is 103 Å². The third-order valence-corrected chi connectivity index (χ3v) is 8.34. The Morgan fingerprint density at radius 1 is 0.583 bits per heavy atom. The number of fused-ring (bicyclic) bond motifs is 2. The maximum atomic E-state index is 12.4. The summed E-state index contributed by atoms with van der Waals surface area (Å²) in [6.07, 6.45) is 21.8. The van der Waals surface area contributed by atoms with E-state index in [1.54, 1.807) is 0 Å². The van der Waals surface area contributed by atoms with E-state index in [-0.39, 0.29) is 0 Å². The summed E-state index contributed by atoms with van der Waals surface area (Å²) in [5.74, 6) is 6.47. The molecule has 4 aliphatic carbocycles. The Morgan fingerprint density at radius 2 is 0.917 bits per heavy atom. The van der Waals surface area contributed by atoms with E-state index in [4.69, 9.17) is 0 Å². The molecule has 0 aliphatic heterocycles. The molecule has 24 heavy (non-hydrogen) atoms. The molecule has 0 saturated heterocycles. The number of rotatable bonds is 6. The lowest BCUT2D eigenvalue weighted by molar-refractivity contribution is -0.119. The number of hydrogen-bond donors (Lipinski definition) is 0. The Labute approximate surface area is 149 Å². The summed E-state index contributed by atoms with van der Waals surface area (Å²) in [6.45, 7) is 0. The highest BCUT2D eigenvalue weighted by Gasteiger charge is 2.36. The van der Waals surface area contributed by atoms with Crippen molar-refractivity contribution in [3.05, 3.63) is 0 Å². The molecule has 0 bridgehead atoms. The van der Waals surface area contributed by atoms with Crippen LogP contribution in [0.2, 0.25) is 0 Å². The highest BCUT2D eigenvalue weighted by Crippen LogP contribution is 2.47. The Morgan fingerprint density at radius 3 is 1.25 bits per heavy atom. The molecule has 4 saturated carbocycles. The van der Waals surface area contributed by atoms with Crippen LogP contribution in [0.5, 0.6) is 0 Å². The molecule has 0 aromatic carbocycles. The molecule has 136 valence electrons. The zero-order chi connectivity index (χ0) is 16.4. The van der Waals surface area contributed by atoms with Crippen molar-refractivity contribution in [1.29, 1.82) is 0 Å². The quantitative estimate of drug-likeness (QED) is 0.539. The number of carbonyl (C=O) groups excluding carboxylic acids is 1. The van der Waals surface area contributed by atoms with Crippen molar-refractivity contribution in [1.82, 2.24) is 0 Å². The fourth-order valence-electron chi connectivity index (χ4n) is 7.04. The van der Waals surface area contributed by atoms with Gasteiger partial charge in [0.1, 0.15) is 5.78 Å². The highest BCUT2D eigenvalue weighted by molar-refractivity contribution is 5.78. The van der Waals surface area contributed by atoms with Crippen LogP contribution in [-0.4, -0.2) is 5.78 Å². The second-order valence-corrected chi connectivity index (χ2v) is 9.90. The van der Waals surface area contributed by atoms with E-state index in [2.05, 4.69) is 0 Å². The summed E-state index contributed by atoms with van der Waals surface area (Å²) >= 11 is 0. The highest BCUT2D eigenvalue weighted by atomic mass is 16.1. The molecule has 1 nitrogen and oxygen atoms in total. The normalized spacial score (nSPS) is 41.8. The first-order valence-corrected chi connectivity index (χ1v) is 11.3. The summed E-state index contributed by atoms with van der Waals surface area (Å²) < 4.78 is 0. The van der Waals surface area contributed by atoms with Gasteiger partial charge in [0.15, 0.2) is 0 Å². The third kappa shape index (κ3) is 4.07. The van der Waals surface area contributed by atoms with Crippen LogP contribution in [0.1, 0.15) is 103 Å². The topological polar surface area (TPSA) is 17.1 Å². The Kier molecular flexibility index (Phi) is 5.64. The largest absolute Gasteiger partial charge is 0.300 e. The fourth-order valence-corrected chi connectivity index (χ4v) is 7.04. The van der Waals surface area contributed by atoms with E-state index in [0.717, 1.165) is 48.3 Å². The molecular weight excluding hydrogens is 292 g/mol. The molecule has 0 spiro atoms. The lowest BCUT2D eigenvalue weighted by atomic mass is 9.82. The van der Waals surface area contributed by atoms with Crippen molar-refractivity contribution in [2.24, 2.45) is 35.5 Å². The van der Waals surface area contributed by atoms with Crippen LogP contribution in [0.3, 0.4) is 0 Å². The fraction of sp³-hybridized carbons (Fsp3) is 0.957. The first-order chi connectivity index (χ1) is 11.8. The van der Waals surface area contributed by atoms with Crippen molar-refractivity contribution in [3.8, 4) is 0 Å². The number of hydrogen-bond acceptors (Lipinski definition) is 1. The van der Waals surface area contributed by atoms with Crippen LogP contribution in [-0.2, 0) is 4.79 Å². The van der Waals surface area contributed by atoms with E-state index >= 15 is 0 Å². The lowest BCUT2D eigenvalue weighted by Gasteiger charge is -2.24. The van der Waals surface area contributed by atoms with Crippen LogP contribution in [0.25, 0.3) is 0 Å². The molecule has 0 aromatic rings. The molecule has 0 amide bonds. The van der Waals surface area contributed by atoms with E-state index in [1.807, 2.05) is 0 Å². The van der Waals surface area contributed by atoms with Gasteiger partial charge >= 0.3 is 0 Å². The van der Waals surface area contributed by atoms with Crippen LogP contribution < -0.4 is 0 Å². The minimum atomic E-state index is 0.583. The number of ketones is 1. The average molecular weight is 331 g/mol. The van der Waals surface area contributed by atoms with Crippen LogP contribution >= 0.6 is 0 Å². The van der Waals surface area contributed by atoms with Gasteiger partial charge in [-0.05, 0) is 74.0 Å². The molecule has 0 N–H and O–H groups in total. The summed E-state index contributed by atoms with van der Waals surface area (Å²) in [5, 5.41) is 0. The zero-order valence-corrected chi connectivity index (χ0v) is 15.7. The van der Waals surface area contributed by atoms with Crippen molar-refractivity contribution in [3.63, 3.8) is 0 Å². The molecule has 0 heterocycles. The Balaban J connectivity index is 1.13. The van der Waals surface area contributed by atoms with Gasteiger partial charge in [-0.2, -0.15) is 0 Å². The Hall–Kier alpha value is -0.330. The minimum Gasteiger partial charge on any atom is -0.300 e. The minimum absolute atomic E-state index is 0.583. The second kappa shape index (κ2) is 7.92. The summed E-state index contributed by atoms with van der Waals surface area (Å²) in [5.41, 5.74) is 0. The molecule has 1 heteroatoms. The molecule has 4 aliphatic rings. The molecule has 4 fully saturated rings. The van der Waals surface area contributed by atoms with Crippen LogP contribution in [0.15, 0.2) is 0 Å². The maximum Gasteiger partial charge on any atom is 0.132 e. The van der Waals surface area contributed by atoms with Gasteiger partial charge < -0.3 is 0 Å². The van der Waals surface area contributed by atoms with Gasteiger partial charge in [0.05, 0.1) is 0 Å². The monoisotopic (exact) mass is 330 g/mol. The van der Waals surface area contributed by atoms with E-state index in [1.165, 1.54) is 89.9 Å². The van der Waals surface area contributed by atoms with Crippen LogP contribution in [0.4, 0.5) is 0 Å². The summed E-state index contributed by atoms with van der Waals surface area (Å²) in [4.78, 5) is 12.4. The molecule has 0 radical (unpaired) electrons. The SMILES string of the molecule is O=C(CCC1CC2CCCCC2C1)CCC1CC2CCCCC2C1. The first kappa shape index (κ1) is 17.1. The molecule has 4 atom stereocenters. The van der Waals surface area contributed by atoms with E-state index in [0.29, 0.717) is 5.78 Å². The van der Waals surface area contributed by atoms with Gasteiger partial charge in [0.25, 0.3) is 0 Å². The smallest absolute Gasteiger partial charge is 0.132 e. The standard InChI is InChI=1S/C23H38O/c24-23(11-9-17-13-19-5-1-2-6-20(19)14-17)12-10-18-15-21-7-3-4-8-22(21)16-18/h17-22H,1-16H2. The van der Waals surface area contributed by atoms with E-state index in [9.17, 15) is 4.79 Å². The van der Waals surface area contributed by atoms with Gasteiger partial charge in [-0.3, -0.25) is 4.79 Å². The number of carbonyl (C=O) groups is 1.